The summed E-state index contributed by atoms with van der Waals surface area (Å²) in [5, 5.41) is 13.2. The number of nitrogens with zero attached hydrogens (tertiary/aromatic N) is 4. The summed E-state index contributed by atoms with van der Waals surface area (Å²) < 4.78 is 32.7. The van der Waals surface area contributed by atoms with Crippen molar-refractivity contribution >= 4 is 34.8 Å². The summed E-state index contributed by atoms with van der Waals surface area (Å²) in [5.74, 6) is 0.0710. The third-order valence-corrected chi connectivity index (χ3v) is 7.37. The Labute approximate surface area is 243 Å². The molecular weight excluding hydrogens is 557 g/mol. The number of rotatable bonds is 7. The summed E-state index contributed by atoms with van der Waals surface area (Å²) in [5.41, 5.74) is -0.372. The van der Waals surface area contributed by atoms with E-state index in [1.807, 2.05) is 32.9 Å². The van der Waals surface area contributed by atoms with Crippen molar-refractivity contribution in [3.05, 3.63) is 41.3 Å². The third kappa shape index (κ3) is 6.82. The number of ether oxygens (including phenoxy) is 3. The summed E-state index contributed by atoms with van der Waals surface area (Å²) in [7, 11) is 0. The second-order valence-corrected chi connectivity index (χ2v) is 12.8. The highest BCUT2D eigenvalue weighted by molar-refractivity contribution is 7.18. The molecule has 40 heavy (non-hydrogen) atoms. The maximum atomic E-state index is 15.2. The minimum Gasteiger partial charge on any atom is -0.488 e. The molecule has 216 valence electrons. The molecule has 1 aliphatic rings. The van der Waals surface area contributed by atoms with Crippen molar-refractivity contribution in [1.82, 2.24) is 20.1 Å². The fraction of sp³-hybridized carbons (Fsp3) is 0.500. The summed E-state index contributed by atoms with van der Waals surface area (Å²) in [6.07, 6.45) is 0.795. The lowest BCUT2D eigenvalue weighted by Gasteiger charge is -2.35. The van der Waals surface area contributed by atoms with Gasteiger partial charge in [-0.3, -0.25) is 4.90 Å². The van der Waals surface area contributed by atoms with Crippen molar-refractivity contribution in [3.63, 3.8) is 0 Å². The molecule has 0 unspecified atom stereocenters. The molecule has 1 aliphatic heterocycles. The second-order valence-electron chi connectivity index (χ2n) is 11.4. The Kier molecular flexibility index (Phi) is 8.58. The summed E-state index contributed by atoms with van der Waals surface area (Å²) in [6.45, 7) is 14.8. The van der Waals surface area contributed by atoms with Crippen LogP contribution in [0.2, 0.25) is 5.02 Å². The molecule has 0 bridgehead atoms. The molecule has 1 N–H and O–H groups in total. The van der Waals surface area contributed by atoms with Gasteiger partial charge in [0.05, 0.1) is 17.2 Å². The van der Waals surface area contributed by atoms with E-state index in [9.17, 15) is 4.79 Å². The predicted molar refractivity (Wildman–Crippen MR) is 154 cm³/mol. The van der Waals surface area contributed by atoms with Gasteiger partial charge in [-0.15, -0.1) is 10.2 Å². The molecule has 2 aromatic heterocycles. The van der Waals surface area contributed by atoms with Gasteiger partial charge in [-0.1, -0.05) is 22.9 Å². The molecule has 12 heteroatoms. The molecule has 0 aliphatic carbocycles. The van der Waals surface area contributed by atoms with E-state index < -0.39 is 29.3 Å². The van der Waals surface area contributed by atoms with E-state index in [0.717, 1.165) is 11.4 Å². The predicted octanol–water partition coefficient (Wildman–Crippen LogP) is 7.02. The van der Waals surface area contributed by atoms with Crippen LogP contribution < -0.4 is 10.1 Å². The van der Waals surface area contributed by atoms with Gasteiger partial charge >= 0.3 is 6.09 Å². The van der Waals surface area contributed by atoms with Gasteiger partial charge in [-0.05, 0) is 73.6 Å². The van der Waals surface area contributed by atoms with Gasteiger partial charge in [-0.25, -0.2) is 14.2 Å². The number of hydrogen-bond donors (Lipinski definition) is 1. The first-order valence-electron chi connectivity index (χ1n) is 13.0. The molecule has 0 spiro atoms. The number of halogens is 2. The van der Waals surface area contributed by atoms with E-state index in [1.54, 1.807) is 40.8 Å². The van der Waals surface area contributed by atoms with Crippen molar-refractivity contribution in [2.45, 2.75) is 84.9 Å². The molecule has 3 heterocycles. The minimum absolute atomic E-state index is 0.0197. The maximum Gasteiger partial charge on any atom is 0.413 e. The number of hydrogen-bond acceptors (Lipinski definition) is 9. The first-order chi connectivity index (χ1) is 18.6. The first-order valence-corrected chi connectivity index (χ1v) is 14.2. The van der Waals surface area contributed by atoms with Crippen LogP contribution in [0.5, 0.6) is 5.75 Å². The quantitative estimate of drug-likeness (QED) is 0.313. The van der Waals surface area contributed by atoms with Gasteiger partial charge in [0.25, 0.3) is 0 Å². The van der Waals surface area contributed by atoms with E-state index in [0.29, 0.717) is 15.6 Å². The normalized spacial score (nSPS) is 18.7. The number of carbonyl (C=O) groups excluding carboxylic acids is 1. The summed E-state index contributed by atoms with van der Waals surface area (Å²) in [6, 6.07) is 6.14. The summed E-state index contributed by atoms with van der Waals surface area (Å²) in [4.78, 5) is 18.8. The van der Waals surface area contributed by atoms with Gasteiger partial charge in [0, 0.05) is 29.4 Å². The molecule has 0 saturated carbocycles. The number of nitrogens with one attached hydrogen (secondary N) is 1. The molecule has 3 aromatic rings. The smallest absolute Gasteiger partial charge is 0.413 e. The van der Waals surface area contributed by atoms with Crippen LogP contribution in [0.1, 0.15) is 55.4 Å². The number of aromatic nitrogens is 3. The van der Waals surface area contributed by atoms with Crippen molar-refractivity contribution in [1.29, 1.82) is 0 Å². The lowest BCUT2D eigenvalue weighted by Crippen LogP contribution is -2.52. The van der Waals surface area contributed by atoms with Crippen molar-refractivity contribution < 1.29 is 23.4 Å². The minimum atomic E-state index is -0.925. The Balaban J connectivity index is 1.52. The van der Waals surface area contributed by atoms with Crippen LogP contribution in [0, 0.1) is 5.82 Å². The number of anilines is 1. The van der Waals surface area contributed by atoms with Crippen LogP contribution in [-0.2, 0) is 9.47 Å². The largest absolute Gasteiger partial charge is 0.488 e. The lowest BCUT2D eigenvalue weighted by atomic mass is 10.1. The molecule has 9 nitrogen and oxygen atoms in total. The molecule has 1 saturated heterocycles. The Morgan fingerprint density at radius 1 is 1.25 bits per heavy atom. The van der Waals surface area contributed by atoms with Crippen LogP contribution in [0.3, 0.4) is 0 Å². The Morgan fingerprint density at radius 2 is 1.95 bits per heavy atom. The van der Waals surface area contributed by atoms with Gasteiger partial charge < -0.3 is 19.5 Å². The Morgan fingerprint density at radius 3 is 2.62 bits per heavy atom. The molecule has 2 atom stereocenters. The van der Waals surface area contributed by atoms with E-state index in [4.69, 9.17) is 25.8 Å². The van der Waals surface area contributed by atoms with Crippen molar-refractivity contribution in [2.24, 2.45) is 0 Å². The highest BCUT2D eigenvalue weighted by Crippen LogP contribution is 2.38. The third-order valence-electron chi connectivity index (χ3n) is 6.05. The van der Waals surface area contributed by atoms with Crippen LogP contribution in [0.4, 0.5) is 15.0 Å². The fourth-order valence-corrected chi connectivity index (χ4v) is 5.61. The highest BCUT2D eigenvalue weighted by atomic mass is 35.5. The number of carbonyl (C=O) groups is 1. The van der Waals surface area contributed by atoms with E-state index >= 15 is 4.39 Å². The van der Waals surface area contributed by atoms with Crippen LogP contribution in [0.25, 0.3) is 21.1 Å². The number of benzene rings is 1. The number of amides is 1. The van der Waals surface area contributed by atoms with Crippen LogP contribution in [-0.4, -0.2) is 62.3 Å². The van der Waals surface area contributed by atoms with E-state index in [1.165, 1.54) is 28.4 Å². The Bertz CT molecular complexity index is 1380. The zero-order chi connectivity index (χ0) is 29.4. The average Bonchev–Trinajstić information content (AvgIpc) is 3.39. The highest BCUT2D eigenvalue weighted by Gasteiger charge is 2.50. The molecule has 1 fully saturated rings. The monoisotopic (exact) mass is 591 g/mol. The van der Waals surface area contributed by atoms with E-state index in [2.05, 4.69) is 20.5 Å². The Hall–Kier alpha value is -3.02. The van der Waals surface area contributed by atoms with Gasteiger partial charge in [0.1, 0.15) is 33.8 Å². The molecule has 0 radical (unpaired) electrons. The second kappa shape index (κ2) is 11.5. The van der Waals surface area contributed by atoms with Gasteiger partial charge in [0.2, 0.25) is 0 Å². The van der Waals surface area contributed by atoms with Crippen LogP contribution in [0.15, 0.2) is 30.5 Å². The first kappa shape index (κ1) is 30.0. The zero-order valence-corrected chi connectivity index (χ0v) is 25.5. The SMILES string of the molecule is CC(C)Nc1cc(-c2nnc(-c3cc(F)c(OC[C@H]4[C@@H](C)OC(C)(C)N4C(=O)OC(C)(C)C)cc3Cl)s2)ccn1. The topological polar surface area (TPSA) is 98.7 Å². The standard InChI is InChI=1S/C28H35ClFN5O4S/c1-15(2)32-23-11-17(9-10-31-23)24-33-34-25(40-24)18-12-20(30)22(13-19(18)29)37-14-21-16(3)38-28(7,8)35(21)26(36)39-27(4,5)6/h9-13,15-16,21H,14H2,1-8H3,(H,31,32)/t16-,21+/m1/s1. The summed E-state index contributed by atoms with van der Waals surface area (Å²) >= 11 is 7.85. The van der Waals surface area contributed by atoms with Crippen molar-refractivity contribution in [3.8, 4) is 26.9 Å². The molecular formula is C28H35ClFN5O4S. The average molecular weight is 592 g/mol. The lowest BCUT2D eigenvalue weighted by molar-refractivity contribution is -0.0760. The fourth-order valence-electron chi connectivity index (χ4n) is 4.44. The molecule has 1 aromatic carbocycles. The van der Waals surface area contributed by atoms with Gasteiger partial charge in [-0.2, -0.15) is 0 Å². The van der Waals surface area contributed by atoms with Gasteiger partial charge in [0.15, 0.2) is 11.6 Å². The van der Waals surface area contributed by atoms with E-state index in [-0.39, 0.29) is 29.5 Å². The maximum absolute atomic E-state index is 15.2. The van der Waals surface area contributed by atoms with Crippen LogP contribution >= 0.6 is 22.9 Å². The van der Waals surface area contributed by atoms with Crippen molar-refractivity contribution in [2.75, 3.05) is 11.9 Å². The molecule has 1 amide bonds. The zero-order valence-electron chi connectivity index (χ0n) is 23.9. The number of pyridine rings is 1. The molecule has 4 rings (SSSR count).